The summed E-state index contributed by atoms with van der Waals surface area (Å²) in [5.74, 6) is -0.239. The number of nitrogens with one attached hydrogen (secondary N) is 3. The van der Waals surface area contributed by atoms with Crippen LogP contribution in [0.4, 0.5) is 10.1 Å². The lowest BCUT2D eigenvalue weighted by atomic mass is 10.1. The molecule has 5 heteroatoms. The van der Waals surface area contributed by atoms with Crippen molar-refractivity contribution in [3.8, 4) is 0 Å². The summed E-state index contributed by atoms with van der Waals surface area (Å²) < 4.78 is 12.8. The van der Waals surface area contributed by atoms with Crippen LogP contribution in [-0.2, 0) is 4.79 Å². The minimum atomic E-state index is -0.298. The van der Waals surface area contributed by atoms with Gasteiger partial charge in [-0.05, 0) is 30.7 Å². The number of rotatable bonds is 4. The first kappa shape index (κ1) is 12.8. The molecule has 0 bridgehead atoms. The molecule has 3 N–H and O–H groups in total. The van der Waals surface area contributed by atoms with Crippen molar-refractivity contribution in [2.75, 3.05) is 5.32 Å². The third kappa shape index (κ3) is 3.43. The molecule has 2 atom stereocenters. The van der Waals surface area contributed by atoms with Crippen LogP contribution in [-0.4, -0.2) is 18.2 Å². The van der Waals surface area contributed by atoms with E-state index in [-0.39, 0.29) is 24.1 Å². The van der Waals surface area contributed by atoms with E-state index in [4.69, 9.17) is 0 Å². The second-order valence-corrected chi connectivity index (χ2v) is 4.51. The summed E-state index contributed by atoms with van der Waals surface area (Å²) in [6, 6.07) is 6.26. The highest BCUT2D eigenvalue weighted by atomic mass is 19.1. The number of amides is 1. The van der Waals surface area contributed by atoms with Gasteiger partial charge in [0.2, 0.25) is 5.91 Å². The molecule has 0 aromatic heterocycles. The zero-order chi connectivity index (χ0) is 13.0. The third-order valence-corrected chi connectivity index (χ3v) is 2.93. The molecule has 98 valence electrons. The molecule has 1 aromatic carbocycles. The molecule has 1 aliphatic rings. The topological polar surface area (TPSA) is 53.2 Å². The molecular formula is C13H18FN3O. The lowest BCUT2D eigenvalue weighted by Crippen LogP contribution is -2.59. The number of carbonyl (C=O) groups is 1. The summed E-state index contributed by atoms with van der Waals surface area (Å²) in [4.78, 5) is 11.6. The second kappa shape index (κ2) is 5.82. The molecule has 1 heterocycles. The van der Waals surface area contributed by atoms with E-state index >= 15 is 0 Å². The van der Waals surface area contributed by atoms with Gasteiger partial charge in [-0.25, -0.2) is 4.39 Å². The van der Waals surface area contributed by atoms with Crippen LogP contribution in [0.15, 0.2) is 24.3 Å². The molecule has 2 unspecified atom stereocenters. The van der Waals surface area contributed by atoms with Gasteiger partial charge in [-0.3, -0.25) is 10.1 Å². The Labute approximate surface area is 106 Å². The van der Waals surface area contributed by atoms with E-state index in [2.05, 4.69) is 22.9 Å². The molecule has 0 saturated carbocycles. The fraction of sp³-hybridized carbons (Fsp3) is 0.462. The Kier molecular flexibility index (Phi) is 4.15. The lowest BCUT2D eigenvalue weighted by Gasteiger charge is -2.32. The van der Waals surface area contributed by atoms with Gasteiger partial charge in [0.25, 0.3) is 0 Å². The fourth-order valence-corrected chi connectivity index (χ4v) is 2.10. The zero-order valence-corrected chi connectivity index (χ0v) is 10.4. The molecule has 1 fully saturated rings. The predicted octanol–water partition coefficient (Wildman–Crippen LogP) is 1.80. The quantitative estimate of drug-likeness (QED) is 0.765. The molecule has 18 heavy (non-hydrogen) atoms. The summed E-state index contributed by atoms with van der Waals surface area (Å²) in [5.41, 5.74) is 0.770. The normalized spacial score (nSPS) is 23.6. The van der Waals surface area contributed by atoms with Crippen molar-refractivity contribution in [1.82, 2.24) is 10.6 Å². The minimum Gasteiger partial charge on any atom is -0.353 e. The largest absolute Gasteiger partial charge is 0.353 e. The van der Waals surface area contributed by atoms with E-state index in [9.17, 15) is 9.18 Å². The molecule has 0 aliphatic carbocycles. The predicted molar refractivity (Wildman–Crippen MR) is 68.4 cm³/mol. The molecule has 0 spiro atoms. The Morgan fingerprint density at radius 2 is 2.11 bits per heavy atom. The van der Waals surface area contributed by atoms with Gasteiger partial charge < -0.3 is 10.6 Å². The Hall–Kier alpha value is -1.62. The summed E-state index contributed by atoms with van der Waals surface area (Å²) in [5, 5.41) is 9.24. The van der Waals surface area contributed by atoms with Gasteiger partial charge in [-0.1, -0.05) is 13.3 Å². The zero-order valence-electron chi connectivity index (χ0n) is 10.4. The van der Waals surface area contributed by atoms with Crippen molar-refractivity contribution in [3.05, 3.63) is 30.1 Å². The molecule has 1 saturated heterocycles. The van der Waals surface area contributed by atoms with Gasteiger partial charge in [0, 0.05) is 18.2 Å². The van der Waals surface area contributed by atoms with E-state index < -0.39 is 0 Å². The van der Waals surface area contributed by atoms with E-state index in [1.54, 1.807) is 12.1 Å². The van der Waals surface area contributed by atoms with Crippen molar-refractivity contribution in [2.24, 2.45) is 0 Å². The number of anilines is 1. The highest BCUT2D eigenvalue weighted by Gasteiger charge is 2.24. The Balaban J connectivity index is 1.95. The summed E-state index contributed by atoms with van der Waals surface area (Å²) >= 11 is 0. The highest BCUT2D eigenvalue weighted by Crippen LogP contribution is 2.12. The van der Waals surface area contributed by atoms with Crippen LogP contribution in [0.3, 0.4) is 0 Å². The summed E-state index contributed by atoms with van der Waals surface area (Å²) in [6.45, 7) is 2.09. The Bertz CT molecular complexity index is 407. The number of hydrogen-bond acceptors (Lipinski definition) is 3. The van der Waals surface area contributed by atoms with E-state index in [1.165, 1.54) is 12.1 Å². The van der Waals surface area contributed by atoms with Gasteiger partial charge in [-0.15, -0.1) is 0 Å². The number of hydrogen-bond donors (Lipinski definition) is 3. The molecular weight excluding hydrogens is 233 g/mol. The van der Waals surface area contributed by atoms with Crippen molar-refractivity contribution in [2.45, 2.75) is 38.5 Å². The van der Waals surface area contributed by atoms with Gasteiger partial charge in [-0.2, -0.15) is 0 Å². The highest BCUT2D eigenvalue weighted by molar-refractivity contribution is 5.78. The van der Waals surface area contributed by atoms with Crippen LogP contribution < -0.4 is 16.0 Å². The van der Waals surface area contributed by atoms with Crippen LogP contribution in [0, 0.1) is 5.82 Å². The molecule has 1 aromatic rings. The maximum Gasteiger partial charge on any atom is 0.224 e. The maximum absolute atomic E-state index is 12.8. The SMILES string of the molecule is CCCC1CC(=O)NC(Nc2ccc(F)cc2)N1. The van der Waals surface area contributed by atoms with E-state index in [1.807, 2.05) is 0 Å². The van der Waals surface area contributed by atoms with Crippen LogP contribution in [0.1, 0.15) is 26.2 Å². The average Bonchev–Trinajstić information content (AvgIpc) is 2.32. The van der Waals surface area contributed by atoms with Gasteiger partial charge in [0.15, 0.2) is 6.29 Å². The monoisotopic (exact) mass is 251 g/mol. The fourth-order valence-electron chi connectivity index (χ4n) is 2.10. The molecule has 0 radical (unpaired) electrons. The molecule has 1 aliphatic heterocycles. The Morgan fingerprint density at radius 1 is 1.39 bits per heavy atom. The molecule has 1 amide bonds. The first-order valence-electron chi connectivity index (χ1n) is 6.25. The summed E-state index contributed by atoms with van der Waals surface area (Å²) in [7, 11) is 0. The summed E-state index contributed by atoms with van der Waals surface area (Å²) in [6.07, 6.45) is 2.21. The van der Waals surface area contributed by atoms with Crippen LogP contribution in [0.2, 0.25) is 0 Å². The third-order valence-electron chi connectivity index (χ3n) is 2.93. The molecule has 4 nitrogen and oxygen atoms in total. The average molecular weight is 251 g/mol. The Morgan fingerprint density at radius 3 is 2.78 bits per heavy atom. The minimum absolute atomic E-state index is 0.0341. The van der Waals surface area contributed by atoms with E-state index in [0.29, 0.717) is 6.42 Å². The van der Waals surface area contributed by atoms with Crippen LogP contribution >= 0.6 is 0 Å². The lowest BCUT2D eigenvalue weighted by molar-refractivity contribution is -0.124. The van der Waals surface area contributed by atoms with Crippen LogP contribution in [0.25, 0.3) is 0 Å². The second-order valence-electron chi connectivity index (χ2n) is 4.51. The number of halogens is 1. The van der Waals surface area contributed by atoms with E-state index in [0.717, 1.165) is 18.5 Å². The van der Waals surface area contributed by atoms with Gasteiger partial charge >= 0.3 is 0 Å². The van der Waals surface area contributed by atoms with Crippen molar-refractivity contribution in [3.63, 3.8) is 0 Å². The first-order chi connectivity index (χ1) is 8.67. The first-order valence-corrected chi connectivity index (χ1v) is 6.25. The van der Waals surface area contributed by atoms with Crippen molar-refractivity contribution in [1.29, 1.82) is 0 Å². The van der Waals surface area contributed by atoms with Gasteiger partial charge in [0.05, 0.1) is 0 Å². The van der Waals surface area contributed by atoms with Crippen LogP contribution in [0.5, 0.6) is 0 Å². The van der Waals surface area contributed by atoms with Crippen molar-refractivity contribution < 1.29 is 9.18 Å². The molecule has 2 rings (SSSR count). The standard InChI is InChI=1S/C13H18FN3O/c1-2-3-11-8-12(18)17-13(16-11)15-10-6-4-9(14)5-7-10/h4-7,11,13,15-16H,2-3,8H2,1H3,(H,17,18). The number of carbonyl (C=O) groups excluding carboxylic acids is 1. The van der Waals surface area contributed by atoms with Gasteiger partial charge in [0.1, 0.15) is 5.82 Å². The van der Waals surface area contributed by atoms with Crippen molar-refractivity contribution >= 4 is 11.6 Å². The smallest absolute Gasteiger partial charge is 0.224 e. The number of benzene rings is 1. The maximum atomic E-state index is 12.8.